The van der Waals surface area contributed by atoms with Gasteiger partial charge in [0.25, 0.3) is 0 Å². The average molecular weight is 251 g/mol. The summed E-state index contributed by atoms with van der Waals surface area (Å²) in [5, 5.41) is 3.64. The van der Waals surface area contributed by atoms with Gasteiger partial charge in [-0.3, -0.25) is 0 Å². The molecule has 1 aromatic heterocycles. The number of hydrogen-bond acceptors (Lipinski definition) is 3. The van der Waals surface area contributed by atoms with Crippen LogP contribution < -0.4 is 5.32 Å². The average Bonchev–Trinajstić information content (AvgIpc) is 2.68. The van der Waals surface area contributed by atoms with Crippen molar-refractivity contribution in [1.82, 2.24) is 5.32 Å². The van der Waals surface area contributed by atoms with E-state index < -0.39 is 0 Å². The summed E-state index contributed by atoms with van der Waals surface area (Å²) in [6.45, 7) is 12.7. The van der Waals surface area contributed by atoms with E-state index in [2.05, 4.69) is 39.9 Å². The first kappa shape index (κ1) is 13.6. The Morgan fingerprint density at radius 2 is 1.94 bits per heavy atom. The van der Waals surface area contributed by atoms with E-state index >= 15 is 0 Å². The van der Waals surface area contributed by atoms with Crippen molar-refractivity contribution < 1.29 is 9.15 Å². The molecule has 0 radical (unpaired) electrons. The second-order valence-corrected chi connectivity index (χ2v) is 6.56. The molecule has 0 saturated carbocycles. The highest BCUT2D eigenvalue weighted by atomic mass is 16.5. The number of furan rings is 1. The first-order chi connectivity index (χ1) is 8.20. The van der Waals surface area contributed by atoms with Crippen molar-refractivity contribution in [2.24, 2.45) is 0 Å². The molecule has 1 fully saturated rings. The topological polar surface area (TPSA) is 34.4 Å². The van der Waals surface area contributed by atoms with Crippen LogP contribution in [0.3, 0.4) is 0 Å². The third-order valence-corrected chi connectivity index (χ3v) is 3.71. The quantitative estimate of drug-likeness (QED) is 0.891. The van der Waals surface area contributed by atoms with E-state index in [4.69, 9.17) is 9.15 Å². The summed E-state index contributed by atoms with van der Waals surface area (Å²) in [6.07, 6.45) is 1.02. The van der Waals surface area contributed by atoms with Gasteiger partial charge in [0, 0.05) is 6.04 Å². The molecule has 1 aromatic rings. The molecule has 2 rings (SSSR count). The van der Waals surface area contributed by atoms with E-state index in [0.717, 1.165) is 17.9 Å². The summed E-state index contributed by atoms with van der Waals surface area (Å²) in [6, 6.07) is 4.60. The van der Waals surface area contributed by atoms with Crippen LogP contribution in [-0.2, 0) is 4.74 Å². The molecule has 2 atom stereocenters. The smallest absolute Gasteiger partial charge is 0.120 e. The van der Waals surface area contributed by atoms with E-state index in [9.17, 15) is 0 Å². The van der Waals surface area contributed by atoms with E-state index in [1.54, 1.807) is 0 Å². The summed E-state index contributed by atoms with van der Waals surface area (Å²) in [5.41, 5.74) is -0.195. The standard InChI is InChI=1S/C15H25NO2/c1-10-7-8-12(17-10)11(2)16-13-9-14(3,4)18-15(13,5)6/h7-8,11,13,16H,9H2,1-6H3. The summed E-state index contributed by atoms with van der Waals surface area (Å²) < 4.78 is 11.8. The fraction of sp³-hybridized carbons (Fsp3) is 0.733. The molecule has 18 heavy (non-hydrogen) atoms. The molecule has 0 bridgehead atoms. The minimum Gasteiger partial charge on any atom is -0.465 e. The van der Waals surface area contributed by atoms with Gasteiger partial charge in [0.15, 0.2) is 0 Å². The number of nitrogens with one attached hydrogen (secondary N) is 1. The molecule has 1 saturated heterocycles. The van der Waals surface area contributed by atoms with Gasteiger partial charge in [-0.2, -0.15) is 0 Å². The maximum atomic E-state index is 6.10. The lowest BCUT2D eigenvalue weighted by Gasteiger charge is -2.29. The van der Waals surface area contributed by atoms with Crippen molar-refractivity contribution >= 4 is 0 Å². The molecule has 2 heterocycles. The zero-order valence-electron chi connectivity index (χ0n) is 12.3. The van der Waals surface area contributed by atoms with Gasteiger partial charge in [0.2, 0.25) is 0 Å². The van der Waals surface area contributed by atoms with Crippen LogP contribution in [0.4, 0.5) is 0 Å². The number of ether oxygens (including phenoxy) is 1. The normalized spacial score (nSPS) is 27.3. The zero-order chi connectivity index (χ0) is 13.6. The molecule has 102 valence electrons. The van der Waals surface area contributed by atoms with Crippen LogP contribution in [0.1, 0.15) is 58.6 Å². The number of rotatable bonds is 3. The highest BCUT2D eigenvalue weighted by molar-refractivity contribution is 5.10. The summed E-state index contributed by atoms with van der Waals surface area (Å²) >= 11 is 0. The van der Waals surface area contributed by atoms with Crippen LogP contribution in [0.5, 0.6) is 0 Å². The predicted molar refractivity (Wildman–Crippen MR) is 72.6 cm³/mol. The van der Waals surface area contributed by atoms with E-state index in [-0.39, 0.29) is 17.2 Å². The molecule has 0 spiro atoms. The molecule has 0 amide bonds. The highest BCUT2D eigenvalue weighted by Gasteiger charge is 2.46. The monoisotopic (exact) mass is 251 g/mol. The predicted octanol–water partition coefficient (Wildman–Crippen LogP) is 3.58. The van der Waals surface area contributed by atoms with Gasteiger partial charge in [-0.25, -0.2) is 0 Å². The zero-order valence-corrected chi connectivity index (χ0v) is 12.3. The lowest BCUT2D eigenvalue weighted by Crippen LogP contribution is -2.44. The Hall–Kier alpha value is -0.800. The molecule has 3 heteroatoms. The molecule has 1 aliphatic rings. The van der Waals surface area contributed by atoms with Crippen LogP contribution in [0, 0.1) is 6.92 Å². The SMILES string of the molecule is Cc1ccc(C(C)NC2CC(C)(C)OC2(C)C)o1. The molecule has 2 unspecified atom stereocenters. The van der Waals surface area contributed by atoms with Gasteiger partial charge in [-0.1, -0.05) is 0 Å². The second-order valence-electron chi connectivity index (χ2n) is 6.56. The third-order valence-electron chi connectivity index (χ3n) is 3.71. The van der Waals surface area contributed by atoms with Gasteiger partial charge in [0.05, 0.1) is 17.2 Å². The van der Waals surface area contributed by atoms with Gasteiger partial charge in [0.1, 0.15) is 11.5 Å². The van der Waals surface area contributed by atoms with Crippen molar-refractivity contribution in [2.45, 2.75) is 71.2 Å². The molecular formula is C15H25NO2. The number of hydrogen-bond donors (Lipinski definition) is 1. The van der Waals surface area contributed by atoms with E-state index in [0.29, 0.717) is 6.04 Å². The minimum atomic E-state index is -0.139. The van der Waals surface area contributed by atoms with Crippen molar-refractivity contribution in [3.8, 4) is 0 Å². The maximum absolute atomic E-state index is 6.10. The van der Waals surface area contributed by atoms with Crippen molar-refractivity contribution in [2.75, 3.05) is 0 Å². The van der Waals surface area contributed by atoms with Crippen LogP contribution >= 0.6 is 0 Å². The molecule has 3 nitrogen and oxygen atoms in total. The van der Waals surface area contributed by atoms with Crippen molar-refractivity contribution in [1.29, 1.82) is 0 Å². The third kappa shape index (κ3) is 2.78. The Balaban J connectivity index is 2.05. The van der Waals surface area contributed by atoms with Crippen LogP contribution in [0.15, 0.2) is 16.5 Å². The summed E-state index contributed by atoms with van der Waals surface area (Å²) in [5.74, 6) is 1.95. The fourth-order valence-electron chi connectivity index (χ4n) is 2.89. The molecule has 1 aliphatic heterocycles. The second kappa shape index (κ2) is 4.39. The van der Waals surface area contributed by atoms with Crippen molar-refractivity contribution in [3.05, 3.63) is 23.7 Å². The molecule has 0 aliphatic carbocycles. The number of aryl methyl sites for hydroxylation is 1. The van der Waals surface area contributed by atoms with Crippen LogP contribution in [-0.4, -0.2) is 17.2 Å². The molecule has 0 aromatic carbocycles. The van der Waals surface area contributed by atoms with Gasteiger partial charge in [-0.15, -0.1) is 0 Å². The summed E-state index contributed by atoms with van der Waals surface area (Å²) in [7, 11) is 0. The first-order valence-corrected chi connectivity index (χ1v) is 6.72. The van der Waals surface area contributed by atoms with Gasteiger partial charge < -0.3 is 14.5 Å². The molecule has 1 N–H and O–H groups in total. The Kier molecular flexibility index (Phi) is 3.32. The largest absolute Gasteiger partial charge is 0.465 e. The Bertz CT molecular complexity index is 420. The summed E-state index contributed by atoms with van der Waals surface area (Å²) in [4.78, 5) is 0. The van der Waals surface area contributed by atoms with Crippen molar-refractivity contribution in [3.63, 3.8) is 0 Å². The fourth-order valence-corrected chi connectivity index (χ4v) is 2.89. The highest BCUT2D eigenvalue weighted by Crippen LogP contribution is 2.38. The van der Waals surface area contributed by atoms with E-state index in [1.807, 2.05) is 19.1 Å². The molecular weight excluding hydrogens is 226 g/mol. The van der Waals surface area contributed by atoms with Crippen LogP contribution in [0.2, 0.25) is 0 Å². The van der Waals surface area contributed by atoms with Gasteiger partial charge >= 0.3 is 0 Å². The Labute approximate surface area is 110 Å². The lowest BCUT2D eigenvalue weighted by molar-refractivity contribution is -0.0704. The van der Waals surface area contributed by atoms with Gasteiger partial charge in [-0.05, 0) is 60.1 Å². The van der Waals surface area contributed by atoms with Crippen LogP contribution in [0.25, 0.3) is 0 Å². The Morgan fingerprint density at radius 3 is 2.39 bits per heavy atom. The minimum absolute atomic E-state index is 0.0556. The first-order valence-electron chi connectivity index (χ1n) is 6.72. The van der Waals surface area contributed by atoms with E-state index in [1.165, 1.54) is 0 Å². The Morgan fingerprint density at radius 1 is 1.28 bits per heavy atom. The lowest BCUT2D eigenvalue weighted by atomic mass is 9.93. The maximum Gasteiger partial charge on any atom is 0.120 e.